The number of hydrogen-bond acceptors (Lipinski definition) is 4. The summed E-state index contributed by atoms with van der Waals surface area (Å²) in [5, 5.41) is 2.12. The topological polar surface area (TPSA) is 42.1 Å². The summed E-state index contributed by atoms with van der Waals surface area (Å²) >= 11 is 1.67. The lowest BCUT2D eigenvalue weighted by Crippen LogP contribution is -2.29. The van der Waals surface area contributed by atoms with E-state index in [1.807, 2.05) is 5.51 Å². The fourth-order valence-electron chi connectivity index (χ4n) is 1.98. The van der Waals surface area contributed by atoms with Crippen LogP contribution >= 0.6 is 11.3 Å². The third kappa shape index (κ3) is 2.32. The summed E-state index contributed by atoms with van der Waals surface area (Å²) in [5.41, 5.74) is 8.99. The Kier molecular flexibility index (Phi) is 3.15. The molecule has 0 bridgehead atoms. The summed E-state index contributed by atoms with van der Waals surface area (Å²) in [6.45, 7) is 5.41. The smallest absolute Gasteiger partial charge is 0.0795 e. The number of nitrogens with zero attached hydrogens (tertiary/aromatic N) is 2. The average molecular weight is 211 g/mol. The Morgan fingerprint density at radius 2 is 2.64 bits per heavy atom. The molecule has 0 radical (unpaired) electrons. The number of thiazole rings is 1. The lowest BCUT2D eigenvalue weighted by atomic mass is 10.0. The molecule has 0 aliphatic carbocycles. The molecule has 2 unspecified atom stereocenters. The molecule has 1 aliphatic rings. The van der Waals surface area contributed by atoms with E-state index >= 15 is 0 Å². The maximum Gasteiger partial charge on any atom is 0.0795 e. The molecule has 2 heterocycles. The van der Waals surface area contributed by atoms with E-state index in [1.165, 1.54) is 18.7 Å². The lowest BCUT2D eigenvalue weighted by Gasteiger charge is -2.16. The molecule has 1 saturated heterocycles. The summed E-state index contributed by atoms with van der Waals surface area (Å²) in [6.07, 6.45) is 1.24. The third-order valence-corrected chi connectivity index (χ3v) is 3.56. The number of rotatable bonds is 3. The van der Waals surface area contributed by atoms with E-state index in [4.69, 9.17) is 5.73 Å². The molecule has 1 fully saturated rings. The van der Waals surface area contributed by atoms with E-state index in [-0.39, 0.29) is 0 Å². The Morgan fingerprint density at radius 1 is 1.79 bits per heavy atom. The van der Waals surface area contributed by atoms with Gasteiger partial charge in [-0.25, -0.2) is 4.98 Å². The van der Waals surface area contributed by atoms with Crippen LogP contribution in [0.15, 0.2) is 10.9 Å². The molecular weight excluding hydrogens is 194 g/mol. The van der Waals surface area contributed by atoms with Gasteiger partial charge in [-0.15, -0.1) is 11.3 Å². The van der Waals surface area contributed by atoms with E-state index < -0.39 is 0 Å². The van der Waals surface area contributed by atoms with Gasteiger partial charge in [0.05, 0.1) is 11.2 Å². The number of hydrogen-bond donors (Lipinski definition) is 1. The van der Waals surface area contributed by atoms with Gasteiger partial charge in [-0.1, -0.05) is 0 Å². The van der Waals surface area contributed by atoms with Crippen molar-refractivity contribution >= 4 is 11.3 Å². The minimum Gasteiger partial charge on any atom is -0.328 e. The highest BCUT2D eigenvalue weighted by Gasteiger charge is 2.25. The van der Waals surface area contributed by atoms with E-state index in [1.54, 1.807) is 11.3 Å². The van der Waals surface area contributed by atoms with Crippen molar-refractivity contribution in [1.82, 2.24) is 9.88 Å². The maximum atomic E-state index is 5.89. The second-order valence-electron chi connectivity index (χ2n) is 4.12. The zero-order valence-corrected chi connectivity index (χ0v) is 9.33. The molecule has 0 aromatic carbocycles. The van der Waals surface area contributed by atoms with Gasteiger partial charge in [0.25, 0.3) is 0 Å². The molecule has 14 heavy (non-hydrogen) atoms. The Bertz CT molecular complexity index is 271. The highest BCUT2D eigenvalue weighted by atomic mass is 32.1. The SMILES string of the molecule is CC(N)C1CCN(Cc2cscn2)C1. The molecule has 0 spiro atoms. The first-order valence-electron chi connectivity index (χ1n) is 5.10. The van der Waals surface area contributed by atoms with Gasteiger partial charge in [0.2, 0.25) is 0 Å². The van der Waals surface area contributed by atoms with Crippen LogP contribution in [0.4, 0.5) is 0 Å². The van der Waals surface area contributed by atoms with Crippen LogP contribution < -0.4 is 5.73 Å². The quantitative estimate of drug-likeness (QED) is 0.819. The largest absolute Gasteiger partial charge is 0.328 e. The molecule has 1 aromatic rings. The van der Waals surface area contributed by atoms with Crippen LogP contribution in [0.25, 0.3) is 0 Å². The van der Waals surface area contributed by atoms with Crippen molar-refractivity contribution in [2.75, 3.05) is 13.1 Å². The van der Waals surface area contributed by atoms with Crippen molar-refractivity contribution in [3.8, 4) is 0 Å². The Labute approximate surface area is 88.9 Å². The second kappa shape index (κ2) is 4.38. The Balaban J connectivity index is 1.84. The number of aromatic nitrogens is 1. The molecule has 2 rings (SSSR count). The van der Waals surface area contributed by atoms with Gasteiger partial charge in [0, 0.05) is 24.5 Å². The molecule has 0 amide bonds. The summed E-state index contributed by atoms with van der Waals surface area (Å²) in [5.74, 6) is 0.675. The van der Waals surface area contributed by atoms with Gasteiger partial charge in [-0.3, -0.25) is 4.90 Å². The van der Waals surface area contributed by atoms with Gasteiger partial charge in [0.1, 0.15) is 0 Å². The second-order valence-corrected chi connectivity index (χ2v) is 4.84. The van der Waals surface area contributed by atoms with Gasteiger partial charge >= 0.3 is 0 Å². The predicted molar refractivity (Wildman–Crippen MR) is 59.1 cm³/mol. The van der Waals surface area contributed by atoms with Crippen LogP contribution in [-0.2, 0) is 6.54 Å². The van der Waals surface area contributed by atoms with Crippen LogP contribution in [0.5, 0.6) is 0 Å². The first-order valence-corrected chi connectivity index (χ1v) is 6.05. The van der Waals surface area contributed by atoms with Crippen molar-refractivity contribution in [1.29, 1.82) is 0 Å². The predicted octanol–water partition coefficient (Wildman–Crippen LogP) is 1.31. The summed E-state index contributed by atoms with van der Waals surface area (Å²) in [4.78, 5) is 6.74. The van der Waals surface area contributed by atoms with Crippen LogP contribution in [0.2, 0.25) is 0 Å². The van der Waals surface area contributed by atoms with Gasteiger partial charge in [-0.05, 0) is 25.8 Å². The molecule has 0 saturated carbocycles. The highest BCUT2D eigenvalue weighted by molar-refractivity contribution is 7.07. The fraction of sp³-hybridized carbons (Fsp3) is 0.700. The van der Waals surface area contributed by atoms with E-state index in [0.29, 0.717) is 12.0 Å². The average Bonchev–Trinajstić information content (AvgIpc) is 2.75. The van der Waals surface area contributed by atoms with Gasteiger partial charge in [0.15, 0.2) is 0 Å². The molecule has 2 N–H and O–H groups in total. The van der Waals surface area contributed by atoms with Crippen LogP contribution in [0.1, 0.15) is 19.0 Å². The van der Waals surface area contributed by atoms with Crippen molar-refractivity contribution < 1.29 is 0 Å². The van der Waals surface area contributed by atoms with E-state index in [9.17, 15) is 0 Å². The minimum atomic E-state index is 0.329. The van der Waals surface area contributed by atoms with Gasteiger partial charge in [-0.2, -0.15) is 0 Å². The molecule has 4 heteroatoms. The lowest BCUT2D eigenvalue weighted by molar-refractivity contribution is 0.305. The molecular formula is C10H17N3S. The normalized spacial score (nSPS) is 25.4. The van der Waals surface area contributed by atoms with Crippen LogP contribution in [0.3, 0.4) is 0 Å². The van der Waals surface area contributed by atoms with E-state index in [0.717, 1.165) is 13.1 Å². The molecule has 3 nitrogen and oxygen atoms in total. The molecule has 1 aromatic heterocycles. The maximum absolute atomic E-state index is 5.89. The summed E-state index contributed by atoms with van der Waals surface area (Å²) in [6, 6.07) is 0.329. The van der Waals surface area contributed by atoms with Gasteiger partial charge < -0.3 is 5.73 Å². The summed E-state index contributed by atoms with van der Waals surface area (Å²) < 4.78 is 0. The number of nitrogens with two attached hydrogens (primary N) is 1. The van der Waals surface area contributed by atoms with Crippen molar-refractivity contribution in [3.63, 3.8) is 0 Å². The van der Waals surface area contributed by atoms with Crippen LogP contribution in [-0.4, -0.2) is 29.0 Å². The first kappa shape index (κ1) is 10.1. The minimum absolute atomic E-state index is 0.329. The fourth-order valence-corrected chi connectivity index (χ4v) is 2.53. The highest BCUT2D eigenvalue weighted by Crippen LogP contribution is 2.20. The van der Waals surface area contributed by atoms with Crippen molar-refractivity contribution in [2.45, 2.75) is 25.9 Å². The monoisotopic (exact) mass is 211 g/mol. The Morgan fingerprint density at radius 3 is 3.21 bits per heavy atom. The first-order chi connectivity index (χ1) is 6.75. The molecule has 2 atom stereocenters. The third-order valence-electron chi connectivity index (χ3n) is 2.92. The standard InChI is InChI=1S/C10H17N3S/c1-8(11)9-2-3-13(4-9)5-10-6-14-7-12-10/h6-9H,2-5,11H2,1H3. The van der Waals surface area contributed by atoms with Crippen molar-refractivity contribution in [3.05, 3.63) is 16.6 Å². The van der Waals surface area contributed by atoms with Crippen molar-refractivity contribution in [2.24, 2.45) is 11.7 Å². The van der Waals surface area contributed by atoms with Crippen LogP contribution in [0, 0.1) is 5.92 Å². The molecule has 78 valence electrons. The zero-order chi connectivity index (χ0) is 9.97. The Hall–Kier alpha value is -0.450. The summed E-state index contributed by atoms with van der Waals surface area (Å²) in [7, 11) is 0. The zero-order valence-electron chi connectivity index (χ0n) is 8.52. The van der Waals surface area contributed by atoms with E-state index in [2.05, 4.69) is 22.2 Å². The molecule has 1 aliphatic heterocycles. The number of likely N-dealkylation sites (tertiary alicyclic amines) is 1.